The van der Waals surface area contributed by atoms with E-state index >= 15 is 0 Å². The third-order valence-corrected chi connectivity index (χ3v) is 2.40. The SMILES string of the molecule is Cc1c(CBr)cc(F)cc1[N+](=O)[O-]. The van der Waals surface area contributed by atoms with Crippen LogP contribution in [-0.4, -0.2) is 4.92 Å². The molecule has 0 heterocycles. The molecule has 0 aliphatic heterocycles. The highest BCUT2D eigenvalue weighted by Crippen LogP contribution is 2.24. The molecule has 0 aromatic heterocycles. The van der Waals surface area contributed by atoms with Crippen LogP contribution < -0.4 is 0 Å². The van der Waals surface area contributed by atoms with Crippen LogP contribution >= 0.6 is 15.9 Å². The van der Waals surface area contributed by atoms with Crippen LogP contribution in [0.5, 0.6) is 0 Å². The molecule has 1 rings (SSSR count). The molecule has 0 unspecified atom stereocenters. The molecule has 1 aromatic carbocycles. The van der Waals surface area contributed by atoms with E-state index in [2.05, 4.69) is 15.9 Å². The van der Waals surface area contributed by atoms with Gasteiger partial charge in [0.05, 0.1) is 11.0 Å². The van der Waals surface area contributed by atoms with E-state index in [1.807, 2.05) is 0 Å². The molecule has 0 atom stereocenters. The van der Waals surface area contributed by atoms with Crippen molar-refractivity contribution >= 4 is 21.6 Å². The highest BCUT2D eigenvalue weighted by Gasteiger charge is 2.15. The van der Waals surface area contributed by atoms with Crippen LogP contribution in [0.25, 0.3) is 0 Å². The summed E-state index contributed by atoms with van der Waals surface area (Å²) in [4.78, 5) is 9.89. The number of benzene rings is 1. The molecule has 0 spiro atoms. The minimum atomic E-state index is -0.579. The predicted octanol–water partition coefficient (Wildman–Crippen LogP) is 2.94. The van der Waals surface area contributed by atoms with Crippen molar-refractivity contribution in [2.75, 3.05) is 0 Å². The first kappa shape index (κ1) is 10.1. The lowest BCUT2D eigenvalue weighted by Gasteiger charge is -2.02. The summed E-state index contributed by atoms with van der Waals surface area (Å²) < 4.78 is 12.8. The molecule has 0 saturated heterocycles. The fourth-order valence-corrected chi connectivity index (χ4v) is 1.63. The summed E-state index contributed by atoms with van der Waals surface area (Å²) >= 11 is 3.14. The lowest BCUT2D eigenvalue weighted by molar-refractivity contribution is -0.385. The van der Waals surface area contributed by atoms with Crippen LogP contribution in [0.1, 0.15) is 11.1 Å². The first-order chi connectivity index (χ1) is 6.06. The lowest BCUT2D eigenvalue weighted by atomic mass is 10.1. The normalized spacial score (nSPS) is 10.1. The molecular formula is C8H7BrFNO2. The van der Waals surface area contributed by atoms with Gasteiger partial charge in [-0.25, -0.2) is 4.39 Å². The van der Waals surface area contributed by atoms with Crippen molar-refractivity contribution < 1.29 is 9.31 Å². The summed E-state index contributed by atoms with van der Waals surface area (Å²) in [6.45, 7) is 1.61. The van der Waals surface area contributed by atoms with Crippen LogP contribution in [0, 0.1) is 22.9 Å². The highest BCUT2D eigenvalue weighted by atomic mass is 79.9. The molecule has 0 N–H and O–H groups in total. The molecule has 0 aliphatic rings. The summed E-state index contributed by atoms with van der Waals surface area (Å²) in [7, 11) is 0. The van der Waals surface area contributed by atoms with Gasteiger partial charge >= 0.3 is 0 Å². The molecule has 5 heteroatoms. The molecule has 1 aromatic rings. The molecule has 0 bridgehead atoms. The Morgan fingerprint density at radius 2 is 2.23 bits per heavy atom. The van der Waals surface area contributed by atoms with E-state index in [1.54, 1.807) is 6.92 Å². The van der Waals surface area contributed by atoms with Crippen molar-refractivity contribution in [3.63, 3.8) is 0 Å². The first-order valence-corrected chi connectivity index (χ1v) is 4.67. The molecule has 0 aliphatic carbocycles. The predicted molar refractivity (Wildman–Crippen MR) is 50.4 cm³/mol. The standard InChI is InChI=1S/C8H7BrFNO2/c1-5-6(4-9)2-7(10)3-8(5)11(12)13/h2-3H,4H2,1H3. The number of hydrogen-bond acceptors (Lipinski definition) is 2. The zero-order valence-electron chi connectivity index (χ0n) is 6.88. The van der Waals surface area contributed by atoms with Gasteiger partial charge in [0.15, 0.2) is 0 Å². The summed E-state index contributed by atoms with van der Waals surface area (Å²) in [6, 6.07) is 2.22. The minimum absolute atomic E-state index is 0.172. The van der Waals surface area contributed by atoms with Gasteiger partial charge in [-0.3, -0.25) is 10.1 Å². The average molecular weight is 248 g/mol. The van der Waals surface area contributed by atoms with Crippen LogP contribution in [0.15, 0.2) is 12.1 Å². The van der Waals surface area contributed by atoms with Gasteiger partial charge in [0.25, 0.3) is 5.69 Å². The number of alkyl halides is 1. The maximum Gasteiger partial charge on any atom is 0.275 e. The van der Waals surface area contributed by atoms with E-state index in [0.717, 1.165) is 6.07 Å². The van der Waals surface area contributed by atoms with E-state index in [-0.39, 0.29) is 5.69 Å². The van der Waals surface area contributed by atoms with E-state index < -0.39 is 10.7 Å². The summed E-state index contributed by atoms with van der Waals surface area (Å²) in [5.41, 5.74) is 0.935. The quantitative estimate of drug-likeness (QED) is 0.458. The Hall–Kier alpha value is -0.970. The highest BCUT2D eigenvalue weighted by molar-refractivity contribution is 9.08. The topological polar surface area (TPSA) is 43.1 Å². The van der Waals surface area contributed by atoms with Crippen LogP contribution in [-0.2, 0) is 5.33 Å². The van der Waals surface area contributed by atoms with E-state index in [9.17, 15) is 14.5 Å². The Labute approximate surface area is 82.8 Å². The van der Waals surface area contributed by atoms with Crippen molar-refractivity contribution in [2.45, 2.75) is 12.3 Å². The van der Waals surface area contributed by atoms with Gasteiger partial charge in [0, 0.05) is 10.9 Å². The maximum absolute atomic E-state index is 12.8. The monoisotopic (exact) mass is 247 g/mol. The van der Waals surface area contributed by atoms with Crippen molar-refractivity contribution in [1.82, 2.24) is 0 Å². The number of hydrogen-bond donors (Lipinski definition) is 0. The number of halogens is 2. The third kappa shape index (κ3) is 2.03. The molecular weight excluding hydrogens is 241 g/mol. The number of rotatable bonds is 2. The second-order valence-electron chi connectivity index (χ2n) is 2.60. The lowest BCUT2D eigenvalue weighted by Crippen LogP contribution is -1.96. The smallest absolute Gasteiger partial charge is 0.258 e. The zero-order valence-corrected chi connectivity index (χ0v) is 8.47. The minimum Gasteiger partial charge on any atom is -0.258 e. The Kier molecular flexibility index (Phi) is 2.98. The summed E-state index contributed by atoms with van der Waals surface area (Å²) in [5, 5.41) is 10.9. The molecule has 3 nitrogen and oxygen atoms in total. The van der Waals surface area contributed by atoms with Crippen molar-refractivity contribution in [3.05, 3.63) is 39.2 Å². The van der Waals surface area contributed by atoms with Gasteiger partial charge in [-0.1, -0.05) is 15.9 Å². The third-order valence-electron chi connectivity index (χ3n) is 1.79. The van der Waals surface area contributed by atoms with Gasteiger partial charge in [-0.15, -0.1) is 0 Å². The van der Waals surface area contributed by atoms with Gasteiger partial charge in [-0.05, 0) is 18.6 Å². The Morgan fingerprint density at radius 3 is 2.69 bits per heavy atom. The summed E-state index contributed by atoms with van der Waals surface area (Å²) in [5.74, 6) is -0.577. The van der Waals surface area contributed by atoms with Crippen molar-refractivity contribution in [3.8, 4) is 0 Å². The fraction of sp³-hybridized carbons (Fsp3) is 0.250. The largest absolute Gasteiger partial charge is 0.275 e. The van der Waals surface area contributed by atoms with Crippen LogP contribution in [0.4, 0.5) is 10.1 Å². The van der Waals surface area contributed by atoms with Gasteiger partial charge in [0.2, 0.25) is 0 Å². The van der Waals surface area contributed by atoms with E-state index in [4.69, 9.17) is 0 Å². The average Bonchev–Trinajstić information content (AvgIpc) is 2.08. The Morgan fingerprint density at radius 1 is 1.62 bits per heavy atom. The number of nitro groups is 1. The fourth-order valence-electron chi connectivity index (χ4n) is 1.05. The second-order valence-corrected chi connectivity index (χ2v) is 3.16. The van der Waals surface area contributed by atoms with Crippen molar-refractivity contribution in [1.29, 1.82) is 0 Å². The molecule has 0 saturated carbocycles. The molecule has 0 radical (unpaired) electrons. The molecule has 0 amide bonds. The van der Waals surface area contributed by atoms with Crippen LogP contribution in [0.2, 0.25) is 0 Å². The Bertz CT molecular complexity index is 354. The van der Waals surface area contributed by atoms with Crippen LogP contribution in [0.3, 0.4) is 0 Å². The molecule has 13 heavy (non-hydrogen) atoms. The van der Waals surface area contributed by atoms with E-state index in [1.165, 1.54) is 6.07 Å². The van der Waals surface area contributed by atoms with Gasteiger partial charge < -0.3 is 0 Å². The van der Waals surface area contributed by atoms with Gasteiger partial charge in [-0.2, -0.15) is 0 Å². The zero-order chi connectivity index (χ0) is 10.0. The Balaban J connectivity index is 3.35. The summed E-state index contributed by atoms with van der Waals surface area (Å²) in [6.07, 6.45) is 0. The maximum atomic E-state index is 12.8. The van der Waals surface area contributed by atoms with Crippen molar-refractivity contribution in [2.24, 2.45) is 0 Å². The second kappa shape index (κ2) is 3.83. The number of nitrogens with zero attached hydrogens (tertiary/aromatic N) is 1. The molecule has 0 fully saturated rings. The number of nitro benzene ring substituents is 1. The first-order valence-electron chi connectivity index (χ1n) is 3.55. The van der Waals surface area contributed by atoms with E-state index in [0.29, 0.717) is 16.5 Å². The molecule has 70 valence electrons. The van der Waals surface area contributed by atoms with Gasteiger partial charge in [0.1, 0.15) is 5.82 Å².